The number of nitrogens with one attached hydrogen (secondary N) is 1. The number of halogens is 1. The average Bonchev–Trinajstić information content (AvgIpc) is 3.41. The van der Waals surface area contributed by atoms with E-state index in [1.165, 1.54) is 16.7 Å². The number of benzene rings is 3. The van der Waals surface area contributed by atoms with Crippen molar-refractivity contribution in [3.63, 3.8) is 0 Å². The molecule has 1 aliphatic rings. The smallest absolute Gasteiger partial charge is 0.336 e. The zero-order chi connectivity index (χ0) is 25.1. The lowest BCUT2D eigenvalue weighted by Crippen LogP contribution is -2.39. The Morgan fingerprint density at radius 1 is 0.972 bits per heavy atom. The van der Waals surface area contributed by atoms with Gasteiger partial charge in [0.1, 0.15) is 5.82 Å². The second kappa shape index (κ2) is 10.3. The van der Waals surface area contributed by atoms with Crippen molar-refractivity contribution in [3.8, 4) is 5.69 Å². The van der Waals surface area contributed by atoms with Crippen LogP contribution in [0.5, 0.6) is 0 Å². The molecular weight excluding hydrogens is 461 g/mol. The van der Waals surface area contributed by atoms with E-state index in [0.717, 1.165) is 35.1 Å². The minimum Gasteiger partial charge on any atom is -0.376 e. The number of ether oxygens (including phenoxy) is 1. The fourth-order valence-electron chi connectivity index (χ4n) is 4.52. The van der Waals surface area contributed by atoms with Gasteiger partial charge in [0.15, 0.2) is 0 Å². The molecule has 4 aromatic rings. The highest BCUT2D eigenvalue weighted by Gasteiger charge is 2.17. The van der Waals surface area contributed by atoms with Crippen molar-refractivity contribution in [3.05, 3.63) is 111 Å². The number of hydrogen-bond donors (Lipinski definition) is 1. The minimum absolute atomic E-state index is 0.0770. The van der Waals surface area contributed by atoms with E-state index in [4.69, 9.17) is 4.74 Å². The molecular formula is C28H26FN3O4. The molecule has 3 aromatic carbocycles. The van der Waals surface area contributed by atoms with E-state index in [1.54, 1.807) is 60.7 Å². The predicted molar refractivity (Wildman–Crippen MR) is 135 cm³/mol. The van der Waals surface area contributed by atoms with Gasteiger partial charge in [-0.3, -0.25) is 14.2 Å². The normalized spacial score (nSPS) is 15.3. The highest BCUT2D eigenvalue weighted by Crippen LogP contribution is 2.14. The van der Waals surface area contributed by atoms with E-state index >= 15 is 0 Å². The summed E-state index contributed by atoms with van der Waals surface area (Å²) in [5.74, 6) is -0.468. The highest BCUT2D eigenvalue weighted by atomic mass is 19.1. The van der Waals surface area contributed by atoms with E-state index in [-0.39, 0.29) is 30.8 Å². The third-order valence-corrected chi connectivity index (χ3v) is 6.41. The molecule has 8 heteroatoms. The first-order chi connectivity index (χ1) is 17.5. The predicted octanol–water partition coefficient (Wildman–Crippen LogP) is 3.18. The summed E-state index contributed by atoms with van der Waals surface area (Å²) in [6, 6.07) is 19.7. The Bertz CT molecular complexity index is 1500. The molecule has 7 nitrogen and oxygen atoms in total. The van der Waals surface area contributed by atoms with Gasteiger partial charge in [0.25, 0.3) is 5.56 Å². The summed E-state index contributed by atoms with van der Waals surface area (Å²) in [5.41, 5.74) is 1.50. The number of amides is 1. The highest BCUT2D eigenvalue weighted by molar-refractivity contribution is 5.79. The first-order valence-corrected chi connectivity index (χ1v) is 12.0. The number of fused-ring (bicyclic) bond motifs is 1. The van der Waals surface area contributed by atoms with Gasteiger partial charge in [-0.1, -0.05) is 36.4 Å². The summed E-state index contributed by atoms with van der Waals surface area (Å²) < 4.78 is 21.5. The fourth-order valence-corrected chi connectivity index (χ4v) is 4.52. The Morgan fingerprint density at radius 2 is 1.69 bits per heavy atom. The molecule has 0 spiro atoms. The second-order valence-electron chi connectivity index (χ2n) is 8.94. The lowest BCUT2D eigenvalue weighted by Gasteiger charge is -2.15. The average molecular weight is 488 g/mol. The summed E-state index contributed by atoms with van der Waals surface area (Å²) in [6.45, 7) is 1.42. The van der Waals surface area contributed by atoms with Crippen LogP contribution in [0, 0.1) is 5.82 Å². The van der Waals surface area contributed by atoms with Gasteiger partial charge in [0.05, 0.1) is 35.7 Å². The van der Waals surface area contributed by atoms with Crippen molar-refractivity contribution in [1.82, 2.24) is 14.5 Å². The molecule has 0 aliphatic carbocycles. The van der Waals surface area contributed by atoms with Crippen LogP contribution in [0.1, 0.15) is 24.0 Å². The van der Waals surface area contributed by atoms with Crippen molar-refractivity contribution in [2.75, 3.05) is 13.2 Å². The zero-order valence-corrected chi connectivity index (χ0v) is 19.7. The largest absolute Gasteiger partial charge is 0.376 e. The number of hydrogen-bond acceptors (Lipinski definition) is 4. The van der Waals surface area contributed by atoms with Crippen LogP contribution in [-0.4, -0.2) is 34.3 Å². The van der Waals surface area contributed by atoms with Gasteiger partial charge in [-0.25, -0.2) is 13.8 Å². The molecule has 0 saturated carbocycles. The SMILES string of the molecule is O=C(Cc1ccc(-n2c(=O)c3ccccc3n(Cc3ccc(F)cc3)c2=O)cc1)NC[C@H]1CCCO1. The monoisotopic (exact) mass is 487 g/mol. The van der Waals surface area contributed by atoms with Gasteiger partial charge in [-0.05, 0) is 60.4 Å². The number of aromatic nitrogens is 2. The Balaban J connectivity index is 1.44. The third kappa shape index (κ3) is 4.99. The van der Waals surface area contributed by atoms with E-state index in [9.17, 15) is 18.8 Å². The summed E-state index contributed by atoms with van der Waals surface area (Å²) in [5, 5.41) is 3.30. The Morgan fingerprint density at radius 3 is 2.42 bits per heavy atom. The number of para-hydroxylation sites is 1. The molecule has 1 atom stereocenters. The molecule has 1 fully saturated rings. The minimum atomic E-state index is -0.495. The number of rotatable bonds is 7. The molecule has 1 saturated heterocycles. The maximum atomic E-state index is 13.5. The van der Waals surface area contributed by atoms with Gasteiger partial charge in [0.2, 0.25) is 5.91 Å². The summed E-state index contributed by atoms with van der Waals surface area (Å²) in [6.07, 6.45) is 2.23. The first-order valence-electron chi connectivity index (χ1n) is 12.0. The molecule has 1 aromatic heterocycles. The van der Waals surface area contributed by atoms with Crippen LogP contribution in [-0.2, 0) is 22.5 Å². The first kappa shape index (κ1) is 23.7. The van der Waals surface area contributed by atoms with E-state index < -0.39 is 11.2 Å². The summed E-state index contributed by atoms with van der Waals surface area (Å²) in [7, 11) is 0. The number of carbonyl (C=O) groups is 1. The van der Waals surface area contributed by atoms with Gasteiger partial charge >= 0.3 is 5.69 Å². The maximum Gasteiger partial charge on any atom is 0.336 e. The Kier molecular flexibility index (Phi) is 6.77. The second-order valence-corrected chi connectivity index (χ2v) is 8.94. The number of carbonyl (C=O) groups excluding carboxylic acids is 1. The Labute approximate surface area is 206 Å². The zero-order valence-electron chi connectivity index (χ0n) is 19.7. The molecule has 0 bridgehead atoms. The third-order valence-electron chi connectivity index (χ3n) is 6.41. The molecule has 5 rings (SSSR count). The number of nitrogens with zero attached hydrogens (tertiary/aromatic N) is 2. The van der Waals surface area contributed by atoms with E-state index in [1.807, 2.05) is 0 Å². The van der Waals surface area contributed by atoms with Crippen molar-refractivity contribution >= 4 is 16.8 Å². The van der Waals surface area contributed by atoms with Crippen LogP contribution < -0.4 is 16.6 Å². The van der Waals surface area contributed by atoms with Crippen LogP contribution in [0.2, 0.25) is 0 Å². The standard InChI is InChI=1S/C28H26FN3O4/c29-21-11-7-20(8-12-21)18-31-25-6-2-1-5-24(25)27(34)32(28(31)35)22-13-9-19(10-14-22)16-26(33)30-17-23-4-3-15-36-23/h1-2,5-14,23H,3-4,15-18H2,(H,30,33)/t23-/m1/s1. The van der Waals surface area contributed by atoms with E-state index in [0.29, 0.717) is 23.1 Å². The molecule has 0 unspecified atom stereocenters. The lowest BCUT2D eigenvalue weighted by atomic mass is 10.1. The topological polar surface area (TPSA) is 82.3 Å². The van der Waals surface area contributed by atoms with Gasteiger partial charge in [-0.15, -0.1) is 0 Å². The van der Waals surface area contributed by atoms with Gasteiger partial charge < -0.3 is 10.1 Å². The maximum absolute atomic E-state index is 13.5. The van der Waals surface area contributed by atoms with Crippen LogP contribution in [0.3, 0.4) is 0 Å². The molecule has 184 valence electrons. The molecule has 1 N–H and O–H groups in total. The van der Waals surface area contributed by atoms with Crippen LogP contribution >= 0.6 is 0 Å². The molecule has 0 radical (unpaired) electrons. The van der Waals surface area contributed by atoms with Crippen molar-refractivity contribution < 1.29 is 13.9 Å². The fraction of sp³-hybridized carbons (Fsp3) is 0.250. The van der Waals surface area contributed by atoms with Crippen molar-refractivity contribution in [2.45, 2.75) is 31.9 Å². The quantitative estimate of drug-likeness (QED) is 0.434. The molecule has 2 heterocycles. The molecule has 1 aliphatic heterocycles. The van der Waals surface area contributed by atoms with Gasteiger partial charge in [-0.2, -0.15) is 0 Å². The van der Waals surface area contributed by atoms with E-state index in [2.05, 4.69) is 5.32 Å². The van der Waals surface area contributed by atoms with Crippen molar-refractivity contribution in [1.29, 1.82) is 0 Å². The van der Waals surface area contributed by atoms with Crippen molar-refractivity contribution in [2.24, 2.45) is 0 Å². The lowest BCUT2D eigenvalue weighted by molar-refractivity contribution is -0.120. The molecule has 1 amide bonds. The van der Waals surface area contributed by atoms with Crippen LogP contribution in [0.4, 0.5) is 4.39 Å². The molecule has 36 heavy (non-hydrogen) atoms. The van der Waals surface area contributed by atoms with Crippen LogP contribution in [0.25, 0.3) is 16.6 Å². The Hall–Kier alpha value is -4.04. The van der Waals surface area contributed by atoms with Gasteiger partial charge in [0, 0.05) is 13.2 Å². The van der Waals surface area contributed by atoms with Crippen LogP contribution in [0.15, 0.2) is 82.4 Å². The summed E-state index contributed by atoms with van der Waals surface area (Å²) >= 11 is 0. The summed E-state index contributed by atoms with van der Waals surface area (Å²) in [4.78, 5) is 39.1.